The van der Waals surface area contributed by atoms with E-state index < -0.39 is 16.0 Å². The highest BCUT2D eigenvalue weighted by atomic mass is 32.2. The number of carbonyl (C=O) groups is 1. The van der Waals surface area contributed by atoms with Gasteiger partial charge in [-0.1, -0.05) is 25.5 Å². The Kier molecular flexibility index (Phi) is 5.52. The molecular weight excluding hydrogens is 394 g/mol. The van der Waals surface area contributed by atoms with Gasteiger partial charge in [-0.15, -0.1) is 0 Å². The Morgan fingerprint density at radius 3 is 2.38 bits per heavy atom. The summed E-state index contributed by atoms with van der Waals surface area (Å²) in [6.45, 7) is 2.08. The predicted octanol–water partition coefficient (Wildman–Crippen LogP) is 2.57. The first-order valence-electron chi connectivity index (χ1n) is 9.20. The van der Waals surface area contributed by atoms with E-state index in [4.69, 9.17) is 0 Å². The molecule has 0 saturated heterocycles. The number of nitrogens with zero attached hydrogens (tertiary/aromatic N) is 3. The summed E-state index contributed by atoms with van der Waals surface area (Å²) in [7, 11) is -0.849. The third kappa shape index (κ3) is 3.53. The van der Waals surface area contributed by atoms with Gasteiger partial charge in [0.1, 0.15) is 0 Å². The third-order valence-electron chi connectivity index (χ3n) is 4.95. The number of imidazole rings is 1. The molecule has 0 amide bonds. The lowest BCUT2D eigenvalue weighted by atomic mass is 10.1. The summed E-state index contributed by atoms with van der Waals surface area (Å²) in [5.41, 5.74) is 0.882. The van der Waals surface area contributed by atoms with E-state index in [1.807, 2.05) is 6.92 Å². The average Bonchev–Trinajstić information content (AvgIpc) is 2.92. The van der Waals surface area contributed by atoms with E-state index in [0.29, 0.717) is 17.5 Å². The topological polar surface area (TPSA) is 102 Å². The fourth-order valence-electron chi connectivity index (χ4n) is 3.32. The summed E-state index contributed by atoms with van der Waals surface area (Å²) in [5, 5.41) is 9.52. The molecule has 9 heteroatoms. The van der Waals surface area contributed by atoms with Crippen LogP contribution in [-0.2, 0) is 24.1 Å². The molecule has 0 saturated carbocycles. The molecule has 0 aliphatic heterocycles. The number of carboxylic acid groups (broad SMARTS) is 1. The van der Waals surface area contributed by atoms with Gasteiger partial charge in [-0.05, 0) is 36.8 Å². The van der Waals surface area contributed by atoms with Crippen molar-refractivity contribution < 1.29 is 18.3 Å². The van der Waals surface area contributed by atoms with Gasteiger partial charge in [-0.25, -0.2) is 18.0 Å². The zero-order chi connectivity index (χ0) is 21.3. The van der Waals surface area contributed by atoms with Crippen LogP contribution < -0.4 is 9.99 Å². The average molecular weight is 417 g/mol. The van der Waals surface area contributed by atoms with Crippen LogP contribution >= 0.6 is 0 Å². The van der Waals surface area contributed by atoms with Crippen molar-refractivity contribution in [2.75, 3.05) is 10.8 Å². The summed E-state index contributed by atoms with van der Waals surface area (Å²) < 4.78 is 31.0. The van der Waals surface area contributed by atoms with E-state index in [0.717, 1.165) is 10.7 Å². The van der Waals surface area contributed by atoms with Crippen LogP contribution in [0.2, 0.25) is 0 Å². The largest absolute Gasteiger partial charge is 0.478 e. The first kappa shape index (κ1) is 20.7. The molecule has 1 heterocycles. The van der Waals surface area contributed by atoms with E-state index in [1.165, 1.54) is 33.4 Å². The van der Waals surface area contributed by atoms with Gasteiger partial charge >= 0.3 is 11.7 Å². The van der Waals surface area contributed by atoms with Crippen molar-refractivity contribution in [2.24, 2.45) is 14.1 Å². The fourth-order valence-corrected chi connectivity index (χ4v) is 4.86. The second kappa shape index (κ2) is 7.75. The zero-order valence-corrected chi connectivity index (χ0v) is 17.3. The molecule has 0 spiro atoms. The molecule has 0 aliphatic rings. The number of aromatic carboxylic acids is 1. The summed E-state index contributed by atoms with van der Waals surface area (Å²) in [5.74, 6) is -1.20. The number of rotatable bonds is 7. The Morgan fingerprint density at radius 2 is 1.72 bits per heavy atom. The molecule has 3 rings (SSSR count). The number of fused-ring (bicyclic) bond motifs is 1. The van der Waals surface area contributed by atoms with Gasteiger partial charge in [0.05, 0.1) is 27.2 Å². The highest BCUT2D eigenvalue weighted by Crippen LogP contribution is 2.29. The number of sulfonamides is 1. The van der Waals surface area contributed by atoms with E-state index >= 15 is 0 Å². The minimum absolute atomic E-state index is 0.00231. The molecule has 0 fully saturated rings. The minimum atomic E-state index is -4.05. The van der Waals surface area contributed by atoms with E-state index in [1.54, 1.807) is 32.3 Å². The lowest BCUT2D eigenvalue weighted by Gasteiger charge is -2.26. The van der Waals surface area contributed by atoms with Gasteiger partial charge in [0.15, 0.2) is 0 Å². The molecule has 154 valence electrons. The van der Waals surface area contributed by atoms with Crippen LogP contribution in [0.1, 0.15) is 30.1 Å². The summed E-state index contributed by atoms with van der Waals surface area (Å²) in [4.78, 5) is 23.8. The Hall–Kier alpha value is -3.07. The minimum Gasteiger partial charge on any atom is -0.478 e. The van der Waals surface area contributed by atoms with E-state index in [2.05, 4.69) is 0 Å². The van der Waals surface area contributed by atoms with Crippen LogP contribution in [0, 0.1) is 0 Å². The van der Waals surface area contributed by atoms with Crippen LogP contribution in [-0.4, -0.2) is 35.2 Å². The third-order valence-corrected chi connectivity index (χ3v) is 6.76. The zero-order valence-electron chi connectivity index (χ0n) is 16.5. The molecule has 1 N–H and O–H groups in total. The molecule has 1 aromatic heterocycles. The maximum Gasteiger partial charge on any atom is 0.337 e. The number of carboxylic acids is 1. The summed E-state index contributed by atoms with van der Waals surface area (Å²) in [6.07, 6.45) is 1.31. The molecule has 29 heavy (non-hydrogen) atoms. The summed E-state index contributed by atoms with van der Waals surface area (Å²) >= 11 is 0. The van der Waals surface area contributed by atoms with Crippen molar-refractivity contribution in [3.8, 4) is 0 Å². The van der Waals surface area contributed by atoms with Gasteiger partial charge in [0.2, 0.25) is 0 Å². The molecule has 0 aliphatic carbocycles. The lowest BCUT2D eigenvalue weighted by molar-refractivity contribution is 0.0697. The number of aromatic nitrogens is 2. The molecule has 3 aromatic rings. The number of unbranched alkanes of at least 4 members (excludes halogenated alkanes) is 1. The Labute approximate surface area is 168 Å². The SMILES string of the molecule is CCCCN(c1ccccc1C(=O)O)S(=O)(=O)c1ccc2c(c1)n(C)c(=O)n2C. The second-order valence-corrected chi connectivity index (χ2v) is 8.67. The second-order valence-electron chi connectivity index (χ2n) is 6.80. The van der Waals surface area contributed by atoms with Crippen LogP contribution in [0.4, 0.5) is 5.69 Å². The number of benzene rings is 2. The number of aryl methyl sites for hydroxylation is 2. The van der Waals surface area contributed by atoms with Crippen molar-refractivity contribution >= 4 is 32.7 Å². The number of para-hydroxylation sites is 1. The van der Waals surface area contributed by atoms with Crippen LogP contribution in [0.5, 0.6) is 0 Å². The Morgan fingerprint density at radius 1 is 1.07 bits per heavy atom. The Bertz CT molecular complexity index is 1240. The van der Waals surface area contributed by atoms with Crippen molar-refractivity contribution in [1.82, 2.24) is 9.13 Å². The number of hydrogen-bond acceptors (Lipinski definition) is 4. The quantitative estimate of drug-likeness (QED) is 0.637. The van der Waals surface area contributed by atoms with E-state index in [-0.39, 0.29) is 28.4 Å². The normalized spacial score (nSPS) is 11.7. The van der Waals surface area contributed by atoms with Gasteiger partial charge in [-0.2, -0.15) is 0 Å². The molecule has 8 nitrogen and oxygen atoms in total. The van der Waals surface area contributed by atoms with Gasteiger partial charge in [-0.3, -0.25) is 13.4 Å². The van der Waals surface area contributed by atoms with Crippen molar-refractivity contribution in [3.05, 3.63) is 58.5 Å². The van der Waals surface area contributed by atoms with Gasteiger partial charge in [0, 0.05) is 20.6 Å². The molecule has 0 radical (unpaired) electrons. The van der Waals surface area contributed by atoms with Crippen molar-refractivity contribution in [2.45, 2.75) is 24.7 Å². The van der Waals surface area contributed by atoms with Crippen LogP contribution in [0.25, 0.3) is 11.0 Å². The standard InChI is InChI=1S/C20H23N3O5S/c1-4-5-12-23(16-9-7-6-8-15(16)19(24)25)29(27,28)14-10-11-17-18(13-14)22(3)20(26)21(17)2/h6-11,13H,4-5,12H2,1-3H3,(H,24,25). The van der Waals surface area contributed by atoms with E-state index in [9.17, 15) is 23.1 Å². The van der Waals surface area contributed by atoms with Crippen molar-refractivity contribution in [1.29, 1.82) is 0 Å². The van der Waals surface area contributed by atoms with Crippen LogP contribution in [0.15, 0.2) is 52.2 Å². The molecule has 0 bridgehead atoms. The molecule has 2 aromatic carbocycles. The lowest BCUT2D eigenvalue weighted by Crippen LogP contribution is -2.33. The Balaban J connectivity index is 2.20. The van der Waals surface area contributed by atoms with Crippen molar-refractivity contribution in [3.63, 3.8) is 0 Å². The maximum absolute atomic E-state index is 13.5. The highest BCUT2D eigenvalue weighted by molar-refractivity contribution is 7.92. The van der Waals surface area contributed by atoms with Crippen LogP contribution in [0.3, 0.4) is 0 Å². The van der Waals surface area contributed by atoms with Gasteiger partial charge < -0.3 is 5.11 Å². The summed E-state index contributed by atoms with van der Waals surface area (Å²) in [6, 6.07) is 10.5. The molecular formula is C20H23N3O5S. The predicted molar refractivity (Wildman–Crippen MR) is 111 cm³/mol. The first-order chi connectivity index (χ1) is 13.7. The molecule has 0 unspecified atom stereocenters. The van der Waals surface area contributed by atoms with Gasteiger partial charge in [0.25, 0.3) is 10.0 Å². The number of anilines is 1. The highest BCUT2D eigenvalue weighted by Gasteiger charge is 2.28. The maximum atomic E-state index is 13.5. The smallest absolute Gasteiger partial charge is 0.337 e. The fraction of sp³-hybridized carbons (Fsp3) is 0.300. The molecule has 0 atom stereocenters. The number of hydrogen-bond donors (Lipinski definition) is 1. The first-order valence-corrected chi connectivity index (χ1v) is 10.6. The monoisotopic (exact) mass is 417 g/mol.